The highest BCUT2D eigenvalue weighted by molar-refractivity contribution is 5.27. The number of methoxy groups -OCH3 is 1. The Morgan fingerprint density at radius 3 is 2.19 bits per heavy atom. The van der Waals surface area contributed by atoms with Crippen molar-refractivity contribution < 1.29 is 4.74 Å². The first-order valence-electron chi connectivity index (χ1n) is 6.26. The first-order valence-corrected chi connectivity index (χ1v) is 6.26. The summed E-state index contributed by atoms with van der Waals surface area (Å²) >= 11 is 0. The maximum absolute atomic E-state index is 5.17. The first kappa shape index (κ1) is 13.1. The molecule has 90 valence electrons. The van der Waals surface area contributed by atoms with E-state index in [0.29, 0.717) is 5.41 Å². The van der Waals surface area contributed by atoms with Gasteiger partial charge in [0.25, 0.3) is 0 Å². The van der Waals surface area contributed by atoms with Gasteiger partial charge in [-0.15, -0.1) is 0 Å². The smallest absolute Gasteiger partial charge is 0.118 e. The van der Waals surface area contributed by atoms with Gasteiger partial charge in [-0.3, -0.25) is 0 Å². The van der Waals surface area contributed by atoms with Gasteiger partial charge in [0.05, 0.1) is 7.11 Å². The zero-order valence-corrected chi connectivity index (χ0v) is 11.0. The summed E-state index contributed by atoms with van der Waals surface area (Å²) in [5.41, 5.74) is 1.86. The second kappa shape index (κ2) is 5.93. The number of hydrogen-bond donors (Lipinski definition) is 0. The lowest BCUT2D eigenvalue weighted by Gasteiger charge is -2.28. The van der Waals surface area contributed by atoms with Gasteiger partial charge >= 0.3 is 0 Å². The molecule has 0 bridgehead atoms. The standard InChI is InChI=1S/C15H24O/c1-5-11-15(3,6-2)12-13-7-9-14(16-4)10-8-13/h7-10H,5-6,11-12H2,1-4H3. The number of benzene rings is 1. The molecule has 0 aliphatic rings. The molecule has 0 saturated heterocycles. The van der Waals surface area contributed by atoms with Crippen molar-refractivity contribution >= 4 is 0 Å². The third-order valence-electron chi connectivity index (χ3n) is 3.50. The van der Waals surface area contributed by atoms with Crippen molar-refractivity contribution in [3.63, 3.8) is 0 Å². The predicted octanol–water partition coefficient (Wildman–Crippen LogP) is 4.45. The maximum atomic E-state index is 5.17. The third kappa shape index (κ3) is 3.55. The fraction of sp³-hybridized carbons (Fsp3) is 0.600. The van der Waals surface area contributed by atoms with Gasteiger partial charge in [-0.25, -0.2) is 0 Å². The molecule has 0 aromatic heterocycles. The molecule has 16 heavy (non-hydrogen) atoms. The van der Waals surface area contributed by atoms with Crippen molar-refractivity contribution in [2.75, 3.05) is 7.11 Å². The van der Waals surface area contributed by atoms with Crippen LogP contribution in [0.4, 0.5) is 0 Å². The van der Waals surface area contributed by atoms with E-state index in [0.717, 1.165) is 5.75 Å². The van der Waals surface area contributed by atoms with Crippen molar-refractivity contribution in [2.24, 2.45) is 5.41 Å². The van der Waals surface area contributed by atoms with Crippen LogP contribution in [-0.4, -0.2) is 7.11 Å². The van der Waals surface area contributed by atoms with Crippen LogP contribution in [0.3, 0.4) is 0 Å². The normalized spacial score (nSPS) is 14.5. The number of hydrogen-bond acceptors (Lipinski definition) is 1. The van der Waals surface area contributed by atoms with E-state index in [1.807, 2.05) is 0 Å². The molecule has 0 heterocycles. The van der Waals surface area contributed by atoms with Gasteiger partial charge in [-0.05, 0) is 36.0 Å². The summed E-state index contributed by atoms with van der Waals surface area (Å²) in [4.78, 5) is 0. The van der Waals surface area contributed by atoms with Crippen molar-refractivity contribution in [2.45, 2.75) is 46.5 Å². The van der Waals surface area contributed by atoms with Crippen molar-refractivity contribution in [1.82, 2.24) is 0 Å². The molecule has 0 saturated carbocycles. The Hall–Kier alpha value is -0.980. The molecular weight excluding hydrogens is 196 g/mol. The Kier molecular flexibility index (Phi) is 4.85. The Balaban J connectivity index is 2.70. The first-order chi connectivity index (χ1) is 7.63. The van der Waals surface area contributed by atoms with Crippen LogP contribution in [0.2, 0.25) is 0 Å². The van der Waals surface area contributed by atoms with E-state index in [1.165, 1.54) is 31.2 Å². The maximum Gasteiger partial charge on any atom is 0.118 e. The second-order valence-electron chi connectivity index (χ2n) is 4.94. The van der Waals surface area contributed by atoms with Gasteiger partial charge < -0.3 is 4.74 Å². The van der Waals surface area contributed by atoms with E-state index >= 15 is 0 Å². The van der Waals surface area contributed by atoms with Crippen LogP contribution >= 0.6 is 0 Å². The van der Waals surface area contributed by atoms with Gasteiger partial charge in [0.2, 0.25) is 0 Å². The van der Waals surface area contributed by atoms with Crippen molar-refractivity contribution in [3.8, 4) is 5.75 Å². The summed E-state index contributed by atoms with van der Waals surface area (Å²) in [6, 6.07) is 8.47. The van der Waals surface area contributed by atoms with E-state index in [1.54, 1.807) is 7.11 Å². The zero-order valence-electron chi connectivity index (χ0n) is 11.0. The average Bonchev–Trinajstić information content (AvgIpc) is 2.30. The second-order valence-corrected chi connectivity index (χ2v) is 4.94. The van der Waals surface area contributed by atoms with Crippen LogP contribution in [0.1, 0.15) is 45.6 Å². The van der Waals surface area contributed by atoms with Crippen molar-refractivity contribution in [1.29, 1.82) is 0 Å². The summed E-state index contributed by atoms with van der Waals surface area (Å²) in [5, 5.41) is 0. The molecule has 0 amide bonds. The van der Waals surface area contributed by atoms with Crippen LogP contribution in [-0.2, 0) is 6.42 Å². The molecule has 0 fully saturated rings. The number of rotatable bonds is 6. The van der Waals surface area contributed by atoms with Gasteiger partial charge in [-0.2, -0.15) is 0 Å². The minimum Gasteiger partial charge on any atom is -0.497 e. The third-order valence-corrected chi connectivity index (χ3v) is 3.50. The summed E-state index contributed by atoms with van der Waals surface area (Å²) in [5.74, 6) is 0.942. The van der Waals surface area contributed by atoms with Crippen LogP contribution < -0.4 is 4.74 Å². The predicted molar refractivity (Wildman–Crippen MR) is 70.0 cm³/mol. The Morgan fingerprint density at radius 2 is 1.75 bits per heavy atom. The van der Waals surface area contributed by atoms with Gasteiger partial charge in [-0.1, -0.05) is 45.7 Å². The fourth-order valence-corrected chi connectivity index (χ4v) is 2.23. The molecule has 0 aliphatic carbocycles. The van der Waals surface area contributed by atoms with Crippen LogP contribution in [0.15, 0.2) is 24.3 Å². The Labute approximate surface area is 99.8 Å². The molecule has 0 spiro atoms. The molecule has 1 heteroatoms. The molecule has 1 nitrogen and oxygen atoms in total. The molecule has 1 atom stereocenters. The van der Waals surface area contributed by atoms with Crippen LogP contribution in [0, 0.1) is 5.41 Å². The van der Waals surface area contributed by atoms with Crippen molar-refractivity contribution in [3.05, 3.63) is 29.8 Å². The monoisotopic (exact) mass is 220 g/mol. The molecule has 0 radical (unpaired) electrons. The summed E-state index contributed by atoms with van der Waals surface area (Å²) in [7, 11) is 1.71. The highest BCUT2D eigenvalue weighted by Gasteiger charge is 2.21. The molecule has 1 aromatic rings. The van der Waals surface area contributed by atoms with Gasteiger partial charge in [0.1, 0.15) is 5.75 Å². The summed E-state index contributed by atoms with van der Waals surface area (Å²) in [6.45, 7) is 6.95. The van der Waals surface area contributed by atoms with E-state index < -0.39 is 0 Å². The Morgan fingerprint density at radius 1 is 1.12 bits per heavy atom. The number of ether oxygens (including phenoxy) is 1. The lowest BCUT2D eigenvalue weighted by molar-refractivity contribution is 0.279. The van der Waals surface area contributed by atoms with E-state index in [-0.39, 0.29) is 0 Å². The zero-order chi connectivity index (χ0) is 12.0. The molecule has 1 rings (SSSR count). The summed E-state index contributed by atoms with van der Waals surface area (Å²) < 4.78 is 5.17. The summed E-state index contributed by atoms with van der Waals surface area (Å²) in [6.07, 6.45) is 4.98. The largest absolute Gasteiger partial charge is 0.497 e. The fourth-order valence-electron chi connectivity index (χ4n) is 2.23. The lowest BCUT2D eigenvalue weighted by Crippen LogP contribution is -2.18. The molecule has 0 N–H and O–H groups in total. The van der Waals surface area contributed by atoms with E-state index in [2.05, 4.69) is 45.0 Å². The molecule has 1 aromatic carbocycles. The quantitative estimate of drug-likeness (QED) is 0.688. The van der Waals surface area contributed by atoms with E-state index in [4.69, 9.17) is 4.74 Å². The van der Waals surface area contributed by atoms with E-state index in [9.17, 15) is 0 Å². The van der Waals surface area contributed by atoms with Gasteiger partial charge in [0, 0.05) is 0 Å². The highest BCUT2D eigenvalue weighted by Crippen LogP contribution is 2.32. The highest BCUT2D eigenvalue weighted by atomic mass is 16.5. The molecule has 1 unspecified atom stereocenters. The van der Waals surface area contributed by atoms with Gasteiger partial charge in [0.15, 0.2) is 0 Å². The van der Waals surface area contributed by atoms with Crippen LogP contribution in [0.5, 0.6) is 5.75 Å². The topological polar surface area (TPSA) is 9.23 Å². The minimum absolute atomic E-state index is 0.448. The SMILES string of the molecule is CCCC(C)(CC)Cc1ccc(OC)cc1. The minimum atomic E-state index is 0.448. The molecular formula is C15H24O. The Bertz CT molecular complexity index is 302. The average molecular weight is 220 g/mol. The van der Waals surface area contributed by atoms with Crippen LogP contribution in [0.25, 0.3) is 0 Å². The molecule has 0 aliphatic heterocycles. The lowest BCUT2D eigenvalue weighted by atomic mass is 9.78.